The summed E-state index contributed by atoms with van der Waals surface area (Å²) in [6.07, 6.45) is 0.800. The van der Waals surface area contributed by atoms with E-state index in [1.54, 1.807) is 6.92 Å². The number of aliphatic hydroxyl groups excluding tert-OH is 1. The molecule has 0 radical (unpaired) electrons. The maximum absolute atomic E-state index is 11.1. The minimum Gasteiger partial charge on any atom is -0.480 e. The van der Waals surface area contributed by atoms with Crippen molar-refractivity contribution < 1.29 is 23.4 Å². The summed E-state index contributed by atoms with van der Waals surface area (Å²) >= 11 is 0. The van der Waals surface area contributed by atoms with Gasteiger partial charge in [0.25, 0.3) is 0 Å². The van der Waals surface area contributed by atoms with Crippen molar-refractivity contribution in [3.63, 3.8) is 0 Å². The number of carbonyl (C=O) groups is 1. The Hall–Kier alpha value is -0.660. The van der Waals surface area contributed by atoms with Gasteiger partial charge in [-0.15, -0.1) is 0 Å². The van der Waals surface area contributed by atoms with Crippen LogP contribution in [0, 0.1) is 0 Å². The third-order valence-electron chi connectivity index (χ3n) is 1.63. The Morgan fingerprint density at radius 3 is 2.43 bits per heavy atom. The van der Waals surface area contributed by atoms with Crippen LogP contribution in [0.2, 0.25) is 0 Å². The van der Waals surface area contributed by atoms with E-state index in [9.17, 15) is 13.2 Å². The van der Waals surface area contributed by atoms with Crippen LogP contribution in [0.15, 0.2) is 0 Å². The maximum Gasteiger partial charge on any atom is 0.320 e. The Balaban J connectivity index is 4.25. The number of sulfonamides is 1. The average Bonchev–Trinajstić information content (AvgIpc) is 2.00. The van der Waals surface area contributed by atoms with Gasteiger partial charge in [0.15, 0.2) is 5.75 Å². The van der Waals surface area contributed by atoms with Crippen LogP contribution in [0.25, 0.3) is 0 Å². The van der Waals surface area contributed by atoms with E-state index < -0.39 is 27.8 Å². The lowest BCUT2D eigenvalue weighted by atomic mass is 10.2. The fraction of sp³-hybridized carbons (Fsp3) is 0.857. The molecule has 0 saturated carbocycles. The molecule has 0 heterocycles. The van der Waals surface area contributed by atoms with Crippen molar-refractivity contribution in [3.8, 4) is 0 Å². The molecule has 14 heavy (non-hydrogen) atoms. The Morgan fingerprint density at radius 2 is 2.07 bits per heavy atom. The lowest BCUT2D eigenvalue weighted by Crippen LogP contribution is -2.38. The molecule has 0 aliphatic heterocycles. The summed E-state index contributed by atoms with van der Waals surface area (Å²) in [5.41, 5.74) is 0. The Labute approximate surface area is 83.0 Å². The van der Waals surface area contributed by atoms with Crippen LogP contribution in [0.5, 0.6) is 0 Å². The monoisotopic (exact) mass is 225 g/mol. The first kappa shape index (κ1) is 13.3. The van der Waals surface area contributed by atoms with Gasteiger partial charge in [0.05, 0.1) is 0 Å². The van der Waals surface area contributed by atoms with Gasteiger partial charge >= 0.3 is 5.97 Å². The van der Waals surface area contributed by atoms with E-state index in [0.29, 0.717) is 6.42 Å². The van der Waals surface area contributed by atoms with Gasteiger partial charge in [-0.25, -0.2) is 13.1 Å². The fourth-order valence-electron chi connectivity index (χ4n) is 0.960. The number of nitrogens with one attached hydrogen (secondary N) is 1. The minimum absolute atomic E-state index is 0.131. The van der Waals surface area contributed by atoms with Crippen molar-refractivity contribution >= 4 is 16.0 Å². The summed E-state index contributed by atoms with van der Waals surface area (Å²) in [5.74, 6) is -2.33. The van der Waals surface area contributed by atoms with Crippen molar-refractivity contribution in [1.29, 1.82) is 0 Å². The van der Waals surface area contributed by atoms with Gasteiger partial charge in [0.1, 0.15) is 0 Å². The molecule has 0 amide bonds. The third kappa shape index (κ3) is 5.90. The number of hydrogen-bond donors (Lipinski definition) is 3. The Morgan fingerprint density at radius 1 is 1.50 bits per heavy atom. The molecule has 0 rings (SSSR count). The molecule has 0 aromatic heterocycles. The molecule has 1 unspecified atom stereocenters. The molecule has 0 aliphatic rings. The van der Waals surface area contributed by atoms with Crippen molar-refractivity contribution in [2.75, 3.05) is 12.4 Å². The van der Waals surface area contributed by atoms with Crippen LogP contribution in [0.4, 0.5) is 0 Å². The average molecular weight is 225 g/mol. The van der Waals surface area contributed by atoms with Crippen LogP contribution in [0.3, 0.4) is 0 Å². The predicted octanol–water partition coefficient (Wildman–Crippen LogP) is -0.849. The molecule has 1 atom stereocenters. The van der Waals surface area contributed by atoms with Crippen molar-refractivity contribution in [3.05, 3.63) is 0 Å². The van der Waals surface area contributed by atoms with E-state index in [2.05, 4.69) is 4.72 Å². The molecule has 0 saturated heterocycles. The zero-order valence-corrected chi connectivity index (χ0v) is 8.75. The van der Waals surface area contributed by atoms with Gasteiger partial charge in [-0.3, -0.25) is 4.79 Å². The van der Waals surface area contributed by atoms with Gasteiger partial charge < -0.3 is 10.2 Å². The summed E-state index contributed by atoms with van der Waals surface area (Å²) in [7, 11) is -3.78. The highest BCUT2D eigenvalue weighted by molar-refractivity contribution is 7.90. The quantitative estimate of drug-likeness (QED) is 0.523. The van der Waals surface area contributed by atoms with Crippen LogP contribution in [-0.2, 0) is 14.8 Å². The summed E-state index contributed by atoms with van der Waals surface area (Å²) in [6, 6.07) is -0.399. The molecule has 0 aromatic carbocycles. The zero-order chi connectivity index (χ0) is 11.2. The molecular weight excluding hydrogens is 210 g/mol. The highest BCUT2D eigenvalue weighted by Gasteiger charge is 2.19. The van der Waals surface area contributed by atoms with E-state index in [4.69, 9.17) is 10.2 Å². The SMILES string of the molecule is CCC(CCO)NS(=O)(=O)CC(=O)O. The van der Waals surface area contributed by atoms with Crippen LogP contribution < -0.4 is 4.72 Å². The van der Waals surface area contributed by atoms with E-state index in [1.165, 1.54) is 0 Å². The van der Waals surface area contributed by atoms with E-state index in [1.807, 2.05) is 0 Å². The van der Waals surface area contributed by atoms with Crippen molar-refractivity contribution in [2.24, 2.45) is 0 Å². The fourth-order valence-corrected chi connectivity index (χ4v) is 2.16. The highest BCUT2D eigenvalue weighted by Crippen LogP contribution is 1.99. The van der Waals surface area contributed by atoms with Gasteiger partial charge in [-0.1, -0.05) is 6.92 Å². The van der Waals surface area contributed by atoms with Gasteiger partial charge in [0.2, 0.25) is 10.0 Å². The number of hydrogen-bond acceptors (Lipinski definition) is 4. The second-order valence-electron chi connectivity index (χ2n) is 2.89. The number of rotatable bonds is 7. The van der Waals surface area contributed by atoms with Gasteiger partial charge in [0, 0.05) is 12.6 Å². The molecule has 0 aromatic rings. The Kier molecular flexibility index (Phi) is 5.66. The second-order valence-corrected chi connectivity index (χ2v) is 4.64. The summed E-state index contributed by atoms with van der Waals surface area (Å²) in [4.78, 5) is 10.2. The Bertz CT molecular complexity index is 274. The molecule has 6 nitrogen and oxygen atoms in total. The molecule has 0 aliphatic carbocycles. The largest absolute Gasteiger partial charge is 0.480 e. The zero-order valence-electron chi connectivity index (χ0n) is 7.93. The standard InChI is InChI=1S/C7H15NO5S/c1-2-6(3-4-9)8-14(12,13)5-7(10)11/h6,8-9H,2-5H2,1H3,(H,10,11). The maximum atomic E-state index is 11.1. The van der Waals surface area contributed by atoms with Crippen LogP contribution in [-0.4, -0.2) is 43.0 Å². The third-order valence-corrected chi connectivity index (χ3v) is 2.95. The van der Waals surface area contributed by atoms with E-state index in [0.717, 1.165) is 0 Å². The predicted molar refractivity (Wildman–Crippen MR) is 50.3 cm³/mol. The number of carboxylic acids is 1. The van der Waals surface area contributed by atoms with Crippen LogP contribution >= 0.6 is 0 Å². The smallest absolute Gasteiger partial charge is 0.320 e. The van der Waals surface area contributed by atoms with E-state index >= 15 is 0 Å². The molecule has 3 N–H and O–H groups in total. The van der Waals surface area contributed by atoms with E-state index in [-0.39, 0.29) is 13.0 Å². The highest BCUT2D eigenvalue weighted by atomic mass is 32.2. The first-order valence-electron chi connectivity index (χ1n) is 4.24. The molecular formula is C7H15NO5S. The second kappa shape index (κ2) is 5.94. The molecule has 0 fully saturated rings. The van der Waals surface area contributed by atoms with Crippen molar-refractivity contribution in [1.82, 2.24) is 4.72 Å². The lowest BCUT2D eigenvalue weighted by molar-refractivity contribution is -0.134. The number of aliphatic hydroxyl groups is 1. The van der Waals surface area contributed by atoms with Crippen LogP contribution in [0.1, 0.15) is 19.8 Å². The summed E-state index contributed by atoms with van der Waals surface area (Å²) in [6.45, 7) is 1.62. The summed E-state index contributed by atoms with van der Waals surface area (Å²) < 4.78 is 24.4. The molecule has 0 bridgehead atoms. The molecule has 84 valence electrons. The first-order chi connectivity index (χ1) is 6.41. The molecule has 7 heteroatoms. The lowest BCUT2D eigenvalue weighted by Gasteiger charge is -2.14. The number of carboxylic acid groups (broad SMARTS) is 1. The van der Waals surface area contributed by atoms with Gasteiger partial charge in [-0.2, -0.15) is 0 Å². The van der Waals surface area contributed by atoms with Gasteiger partial charge in [-0.05, 0) is 12.8 Å². The topological polar surface area (TPSA) is 104 Å². The van der Waals surface area contributed by atoms with Crippen molar-refractivity contribution in [2.45, 2.75) is 25.8 Å². The first-order valence-corrected chi connectivity index (χ1v) is 5.89. The normalized spacial score (nSPS) is 13.9. The summed E-state index contributed by atoms with van der Waals surface area (Å²) in [5, 5.41) is 16.9. The number of aliphatic carboxylic acids is 1. The molecule has 0 spiro atoms. The minimum atomic E-state index is -3.78.